The summed E-state index contributed by atoms with van der Waals surface area (Å²) in [6.07, 6.45) is 6.69. The van der Waals surface area contributed by atoms with E-state index < -0.39 is 0 Å². The van der Waals surface area contributed by atoms with Crippen LogP contribution < -0.4 is 5.32 Å². The van der Waals surface area contributed by atoms with E-state index in [4.69, 9.17) is 0 Å². The zero-order valence-corrected chi connectivity index (χ0v) is 12.9. The molecule has 0 aliphatic heterocycles. The van der Waals surface area contributed by atoms with Gasteiger partial charge >= 0.3 is 0 Å². The third-order valence-corrected chi connectivity index (χ3v) is 4.72. The molecule has 108 valence electrons. The van der Waals surface area contributed by atoms with Gasteiger partial charge in [-0.05, 0) is 44.2 Å². The molecule has 19 heavy (non-hydrogen) atoms. The summed E-state index contributed by atoms with van der Waals surface area (Å²) in [5.74, 6) is 1.81. The second-order valence-corrected chi connectivity index (χ2v) is 6.12. The summed E-state index contributed by atoms with van der Waals surface area (Å²) in [4.78, 5) is 0. The monoisotopic (exact) mass is 263 g/mol. The number of likely N-dealkylation sites (N-methyl/N-ethyl adjacent to an activating group) is 1. The van der Waals surface area contributed by atoms with Gasteiger partial charge in [-0.15, -0.1) is 0 Å². The molecule has 1 aliphatic rings. The van der Waals surface area contributed by atoms with Crippen molar-refractivity contribution >= 4 is 0 Å². The van der Waals surface area contributed by atoms with Crippen molar-refractivity contribution in [2.45, 2.75) is 58.9 Å². The Morgan fingerprint density at radius 2 is 2.21 bits per heavy atom. The van der Waals surface area contributed by atoms with E-state index >= 15 is 0 Å². The lowest BCUT2D eigenvalue weighted by Crippen LogP contribution is -2.37. The molecular weight excluding hydrogens is 234 g/mol. The lowest BCUT2D eigenvalue weighted by atomic mass is 9.92. The van der Waals surface area contributed by atoms with Gasteiger partial charge in [0.1, 0.15) is 0 Å². The molecule has 0 radical (unpaired) electrons. The van der Waals surface area contributed by atoms with Gasteiger partial charge in [-0.2, -0.15) is 5.10 Å². The molecule has 1 aromatic rings. The quantitative estimate of drug-likeness (QED) is 0.855. The van der Waals surface area contributed by atoms with Gasteiger partial charge in [0.05, 0.1) is 5.69 Å². The average Bonchev–Trinajstić information content (AvgIpc) is 2.96. The summed E-state index contributed by atoms with van der Waals surface area (Å²) in [6, 6.07) is 2.85. The van der Waals surface area contributed by atoms with Gasteiger partial charge in [0.25, 0.3) is 0 Å². The zero-order chi connectivity index (χ0) is 13.8. The van der Waals surface area contributed by atoms with Crippen molar-refractivity contribution in [2.75, 3.05) is 6.54 Å². The maximum absolute atomic E-state index is 4.47. The van der Waals surface area contributed by atoms with Crippen LogP contribution in [-0.2, 0) is 13.5 Å². The normalized spacial score (nSPS) is 24.8. The van der Waals surface area contributed by atoms with Crippen LogP contribution in [0.2, 0.25) is 0 Å². The van der Waals surface area contributed by atoms with Gasteiger partial charge in [0, 0.05) is 25.2 Å². The number of nitrogens with one attached hydrogen (secondary N) is 1. The van der Waals surface area contributed by atoms with E-state index in [-0.39, 0.29) is 0 Å². The van der Waals surface area contributed by atoms with Crippen LogP contribution in [0.5, 0.6) is 0 Å². The number of nitrogens with zero attached hydrogens (tertiary/aromatic N) is 2. The van der Waals surface area contributed by atoms with Gasteiger partial charge < -0.3 is 5.32 Å². The van der Waals surface area contributed by atoms with Crippen molar-refractivity contribution in [2.24, 2.45) is 18.9 Å². The molecule has 0 bridgehead atoms. The van der Waals surface area contributed by atoms with Crippen molar-refractivity contribution < 1.29 is 0 Å². The van der Waals surface area contributed by atoms with E-state index in [0.717, 1.165) is 30.5 Å². The lowest BCUT2D eigenvalue weighted by molar-refractivity contribution is 0.344. The summed E-state index contributed by atoms with van der Waals surface area (Å²) in [7, 11) is 2.06. The number of aromatic nitrogens is 2. The van der Waals surface area contributed by atoms with E-state index in [1.165, 1.54) is 31.4 Å². The molecule has 0 amide bonds. The van der Waals surface area contributed by atoms with E-state index in [9.17, 15) is 0 Å². The van der Waals surface area contributed by atoms with E-state index in [1.54, 1.807) is 0 Å². The molecule has 3 heteroatoms. The standard InChI is InChI=1S/C16H29N3/c1-5-13-7-8-14(10-13)16(17-6-2)11-15-9-12(3)18-19(15)4/h9,13-14,16-17H,5-8,10-11H2,1-4H3. The van der Waals surface area contributed by atoms with Gasteiger partial charge in [-0.3, -0.25) is 4.68 Å². The van der Waals surface area contributed by atoms with Crippen molar-refractivity contribution in [3.05, 3.63) is 17.5 Å². The Labute approximate surface area is 117 Å². The molecule has 0 aromatic carbocycles. The van der Waals surface area contributed by atoms with Crippen molar-refractivity contribution in [1.29, 1.82) is 0 Å². The first-order valence-electron chi connectivity index (χ1n) is 7.86. The minimum atomic E-state index is 0.622. The smallest absolute Gasteiger partial charge is 0.0596 e. The molecule has 1 N–H and O–H groups in total. The first-order chi connectivity index (χ1) is 9.13. The predicted octanol–water partition coefficient (Wildman–Crippen LogP) is 3.08. The molecule has 1 aromatic heterocycles. The second kappa shape index (κ2) is 6.56. The highest BCUT2D eigenvalue weighted by Crippen LogP contribution is 2.35. The molecule has 1 fully saturated rings. The molecular formula is C16H29N3. The third-order valence-electron chi connectivity index (χ3n) is 4.72. The molecule has 1 heterocycles. The topological polar surface area (TPSA) is 29.9 Å². The molecule has 1 aliphatic carbocycles. The Balaban J connectivity index is 2.02. The fourth-order valence-corrected chi connectivity index (χ4v) is 3.60. The van der Waals surface area contributed by atoms with Crippen LogP contribution in [0.25, 0.3) is 0 Å². The number of hydrogen-bond acceptors (Lipinski definition) is 2. The molecule has 0 saturated heterocycles. The van der Waals surface area contributed by atoms with Crippen molar-refractivity contribution in [1.82, 2.24) is 15.1 Å². The van der Waals surface area contributed by atoms with Crippen LogP contribution in [0.3, 0.4) is 0 Å². The van der Waals surface area contributed by atoms with Crippen LogP contribution in [0.1, 0.15) is 50.9 Å². The van der Waals surface area contributed by atoms with E-state index in [0.29, 0.717) is 6.04 Å². The molecule has 2 rings (SSSR count). The minimum Gasteiger partial charge on any atom is -0.314 e. The van der Waals surface area contributed by atoms with Crippen LogP contribution in [0.4, 0.5) is 0 Å². The van der Waals surface area contributed by atoms with Gasteiger partial charge in [0.2, 0.25) is 0 Å². The van der Waals surface area contributed by atoms with Crippen LogP contribution >= 0.6 is 0 Å². The zero-order valence-electron chi connectivity index (χ0n) is 12.9. The maximum Gasteiger partial charge on any atom is 0.0596 e. The van der Waals surface area contributed by atoms with Gasteiger partial charge in [-0.1, -0.05) is 26.7 Å². The fourth-order valence-electron chi connectivity index (χ4n) is 3.60. The molecule has 1 saturated carbocycles. The Morgan fingerprint density at radius 1 is 1.42 bits per heavy atom. The third kappa shape index (κ3) is 3.59. The fraction of sp³-hybridized carbons (Fsp3) is 0.812. The van der Waals surface area contributed by atoms with Crippen LogP contribution in [0, 0.1) is 18.8 Å². The molecule has 3 nitrogen and oxygen atoms in total. The Hall–Kier alpha value is -0.830. The minimum absolute atomic E-state index is 0.622. The van der Waals surface area contributed by atoms with Gasteiger partial charge in [0.15, 0.2) is 0 Å². The first kappa shape index (κ1) is 14.6. The second-order valence-electron chi connectivity index (χ2n) is 6.12. The SMILES string of the molecule is CCNC(Cc1cc(C)nn1C)C1CCC(CC)C1. The number of rotatable bonds is 6. The Kier molecular flexibility index (Phi) is 5.03. The summed E-state index contributed by atoms with van der Waals surface area (Å²) in [6.45, 7) is 7.69. The predicted molar refractivity (Wildman–Crippen MR) is 80.2 cm³/mol. The lowest BCUT2D eigenvalue weighted by Gasteiger charge is -2.24. The highest BCUT2D eigenvalue weighted by Gasteiger charge is 2.30. The van der Waals surface area contributed by atoms with E-state index in [2.05, 4.69) is 44.3 Å². The molecule has 3 atom stereocenters. The van der Waals surface area contributed by atoms with Crippen molar-refractivity contribution in [3.63, 3.8) is 0 Å². The van der Waals surface area contributed by atoms with Crippen molar-refractivity contribution in [3.8, 4) is 0 Å². The average molecular weight is 263 g/mol. The Morgan fingerprint density at radius 3 is 2.74 bits per heavy atom. The van der Waals surface area contributed by atoms with Crippen LogP contribution in [-0.4, -0.2) is 22.4 Å². The maximum atomic E-state index is 4.47. The summed E-state index contributed by atoms with van der Waals surface area (Å²) < 4.78 is 2.05. The molecule has 0 spiro atoms. The summed E-state index contributed by atoms with van der Waals surface area (Å²) in [5, 5.41) is 8.18. The highest BCUT2D eigenvalue weighted by atomic mass is 15.3. The first-order valence-corrected chi connectivity index (χ1v) is 7.86. The number of aryl methyl sites for hydroxylation is 2. The molecule has 3 unspecified atom stereocenters. The number of hydrogen-bond donors (Lipinski definition) is 1. The summed E-state index contributed by atoms with van der Waals surface area (Å²) in [5.41, 5.74) is 2.49. The highest BCUT2D eigenvalue weighted by molar-refractivity contribution is 5.10. The van der Waals surface area contributed by atoms with Crippen LogP contribution in [0.15, 0.2) is 6.07 Å². The van der Waals surface area contributed by atoms with Gasteiger partial charge in [-0.25, -0.2) is 0 Å². The summed E-state index contributed by atoms with van der Waals surface area (Å²) >= 11 is 0. The van der Waals surface area contributed by atoms with E-state index in [1.807, 2.05) is 4.68 Å². The largest absolute Gasteiger partial charge is 0.314 e. The Bertz CT molecular complexity index is 397.